The van der Waals surface area contributed by atoms with Gasteiger partial charge < -0.3 is 39.8 Å². The molecular formula is C44H59N3O10. The lowest BCUT2D eigenvalue weighted by Gasteiger charge is -2.53. The van der Waals surface area contributed by atoms with Gasteiger partial charge in [0.2, 0.25) is 11.8 Å². The van der Waals surface area contributed by atoms with Crippen LogP contribution in [0.25, 0.3) is 6.08 Å². The highest BCUT2D eigenvalue weighted by Crippen LogP contribution is 2.64. The van der Waals surface area contributed by atoms with Gasteiger partial charge in [0, 0.05) is 24.8 Å². The molecule has 4 heterocycles. The van der Waals surface area contributed by atoms with Crippen molar-refractivity contribution in [2.75, 3.05) is 13.2 Å². The Labute approximate surface area is 334 Å². The third kappa shape index (κ3) is 6.15. The summed E-state index contributed by atoms with van der Waals surface area (Å²) in [5.74, 6) is -1.06. The Morgan fingerprint density at radius 2 is 1.74 bits per heavy atom. The molecule has 310 valence electrons. The standard InChI is InChI=1S/C44H59N3O10/c1-23(49)33(38(50)45-17-18-48)46-40(52)43-21-31-34-35(56-44(55-34,27-10-11-27)28-12-13-28)37(43)57-47(36(43)39(51)53-31)22-26-8-6-5-7-24(26)19-25-9-14-32-42(4,54-32)16-15-30-29(25)20-41(30,2)3/h5-8,19,23,27-37,48-49H,9-18,20-22H2,1-4H3,(H,45,50)(H,46,52). The van der Waals surface area contributed by atoms with E-state index in [0.717, 1.165) is 68.9 Å². The molecule has 12 unspecified atom stereocenters. The number of ether oxygens (including phenoxy) is 4. The van der Waals surface area contributed by atoms with Crippen molar-refractivity contribution >= 4 is 23.9 Å². The summed E-state index contributed by atoms with van der Waals surface area (Å²) >= 11 is 0. The predicted molar refractivity (Wildman–Crippen MR) is 204 cm³/mol. The highest BCUT2D eigenvalue weighted by Gasteiger charge is 2.78. The van der Waals surface area contributed by atoms with Crippen LogP contribution >= 0.6 is 0 Å². The van der Waals surface area contributed by atoms with E-state index in [4.69, 9.17) is 23.8 Å². The lowest BCUT2D eigenvalue weighted by molar-refractivity contribution is -0.235. The molecule has 2 amide bonds. The summed E-state index contributed by atoms with van der Waals surface area (Å²) in [6.45, 7) is 8.33. The van der Waals surface area contributed by atoms with Crippen LogP contribution in [-0.4, -0.2) is 106 Å². The Morgan fingerprint density at radius 3 is 2.44 bits per heavy atom. The molecule has 13 nitrogen and oxygen atoms in total. The Bertz CT molecular complexity index is 1830. The van der Waals surface area contributed by atoms with Gasteiger partial charge in [-0.25, -0.2) is 0 Å². The summed E-state index contributed by atoms with van der Waals surface area (Å²) in [5, 5.41) is 27.1. The van der Waals surface area contributed by atoms with Gasteiger partial charge in [0.15, 0.2) is 11.8 Å². The van der Waals surface area contributed by atoms with Crippen LogP contribution in [0.2, 0.25) is 0 Å². The Morgan fingerprint density at radius 1 is 1.00 bits per heavy atom. The molecule has 0 spiro atoms. The number of hydrogen-bond acceptors (Lipinski definition) is 11. The molecule has 57 heavy (non-hydrogen) atoms. The number of aliphatic hydroxyl groups excluding tert-OH is 2. The fraction of sp³-hybridized carbons (Fsp3) is 0.750. The zero-order chi connectivity index (χ0) is 39.6. The van der Waals surface area contributed by atoms with E-state index in [2.05, 4.69) is 49.6 Å². The second-order valence-corrected chi connectivity index (χ2v) is 19.7. The minimum atomic E-state index is -1.51. The number of benzene rings is 1. The van der Waals surface area contributed by atoms with Crippen LogP contribution in [0.5, 0.6) is 0 Å². The van der Waals surface area contributed by atoms with Crippen LogP contribution in [0.3, 0.4) is 0 Å². The summed E-state index contributed by atoms with van der Waals surface area (Å²) in [5.41, 5.74) is 2.19. The SMILES string of the molecule is CC(O)C(NC(=O)C12CC3OC(=O)C1N(Cc1ccccc1C=C1CCC4OC4(C)CCC4C1CC4(C)C)OC2C1OC(C2CC2)(C2CC2)OC31)C(=O)NCCO. The first kappa shape index (κ1) is 38.3. The molecule has 4 saturated heterocycles. The largest absolute Gasteiger partial charge is 0.458 e. The van der Waals surface area contributed by atoms with Gasteiger partial charge in [-0.1, -0.05) is 49.8 Å². The Hall–Kier alpha value is -2.91. The van der Waals surface area contributed by atoms with Crippen molar-refractivity contribution in [2.45, 2.75) is 159 Å². The van der Waals surface area contributed by atoms with Crippen molar-refractivity contribution in [2.24, 2.45) is 34.5 Å². The van der Waals surface area contributed by atoms with Crippen molar-refractivity contribution in [1.82, 2.24) is 15.7 Å². The van der Waals surface area contributed by atoms with E-state index < -0.39 is 71.6 Å². The van der Waals surface area contributed by atoms with Gasteiger partial charge in [-0.05, 0) is 100 Å². The smallest absolute Gasteiger partial charge is 0.327 e. The zero-order valence-electron chi connectivity index (χ0n) is 33.6. The number of epoxide rings is 1. The summed E-state index contributed by atoms with van der Waals surface area (Å²) < 4.78 is 26.4. The number of esters is 1. The molecule has 5 saturated carbocycles. The molecule has 9 fully saturated rings. The second kappa shape index (κ2) is 13.6. The number of nitrogens with one attached hydrogen (secondary N) is 2. The molecule has 0 aromatic heterocycles. The molecular weight excluding hydrogens is 730 g/mol. The van der Waals surface area contributed by atoms with Gasteiger partial charge in [0.05, 0.1) is 31.0 Å². The number of amides is 2. The Kier molecular flexibility index (Phi) is 9.11. The van der Waals surface area contributed by atoms with Gasteiger partial charge in [-0.15, -0.1) is 0 Å². The van der Waals surface area contributed by atoms with Gasteiger partial charge in [0.1, 0.15) is 35.9 Å². The number of carbonyl (C=O) groups is 3. The third-order valence-electron chi connectivity index (χ3n) is 15.5. The first-order valence-corrected chi connectivity index (χ1v) is 21.6. The first-order chi connectivity index (χ1) is 27.3. The number of nitrogens with zero attached hydrogens (tertiary/aromatic N) is 1. The molecule has 4 aliphatic heterocycles. The van der Waals surface area contributed by atoms with E-state index >= 15 is 0 Å². The average molecular weight is 790 g/mol. The minimum Gasteiger partial charge on any atom is -0.458 e. The molecule has 13 heteroatoms. The van der Waals surface area contributed by atoms with Crippen molar-refractivity contribution in [3.63, 3.8) is 0 Å². The summed E-state index contributed by atoms with van der Waals surface area (Å²) in [7, 11) is 0. The van der Waals surface area contributed by atoms with Crippen molar-refractivity contribution in [3.05, 3.63) is 41.0 Å². The second-order valence-electron chi connectivity index (χ2n) is 19.7. The zero-order valence-corrected chi connectivity index (χ0v) is 33.6. The number of aliphatic hydroxyl groups is 2. The summed E-state index contributed by atoms with van der Waals surface area (Å²) in [6, 6.07) is 5.71. The highest BCUT2D eigenvalue weighted by molar-refractivity contribution is 5.96. The molecule has 1 aromatic carbocycles. The number of carbonyl (C=O) groups excluding carboxylic acids is 3. The van der Waals surface area contributed by atoms with Gasteiger partial charge in [-0.2, -0.15) is 5.06 Å². The lowest BCUT2D eigenvalue weighted by Crippen LogP contribution is -2.71. The normalized spacial score (nSPS) is 41.5. The van der Waals surface area contributed by atoms with Gasteiger partial charge in [0.25, 0.3) is 0 Å². The number of hydroxylamine groups is 2. The van der Waals surface area contributed by atoms with Crippen LogP contribution in [-0.2, 0) is 44.7 Å². The first-order valence-electron chi connectivity index (χ1n) is 21.6. The van der Waals surface area contributed by atoms with E-state index in [1.54, 1.807) is 5.06 Å². The van der Waals surface area contributed by atoms with Crippen molar-refractivity contribution in [3.8, 4) is 0 Å². The number of hydrogen-bond donors (Lipinski definition) is 4. The molecule has 1 aromatic rings. The number of fused-ring (bicyclic) bond motifs is 6. The van der Waals surface area contributed by atoms with Gasteiger partial charge >= 0.3 is 5.97 Å². The molecule has 9 aliphatic rings. The minimum absolute atomic E-state index is 0.00811. The van der Waals surface area contributed by atoms with Crippen LogP contribution in [0.4, 0.5) is 0 Å². The number of rotatable bonds is 11. The van der Waals surface area contributed by atoms with E-state index in [1.807, 2.05) is 12.1 Å². The topological polar surface area (TPSA) is 168 Å². The van der Waals surface area contributed by atoms with Crippen molar-refractivity contribution < 1.29 is 48.4 Å². The van der Waals surface area contributed by atoms with E-state index in [9.17, 15) is 24.6 Å². The maximum absolute atomic E-state index is 15.0. The average Bonchev–Trinajstić information content (AvgIpc) is 4.12. The third-order valence-corrected chi connectivity index (χ3v) is 15.5. The number of allylic oxidation sites excluding steroid dienone is 1. The van der Waals surface area contributed by atoms with Crippen LogP contribution in [0.1, 0.15) is 103 Å². The predicted octanol–water partition coefficient (Wildman–Crippen LogP) is 3.54. The van der Waals surface area contributed by atoms with E-state index in [-0.39, 0.29) is 49.0 Å². The van der Waals surface area contributed by atoms with Crippen molar-refractivity contribution in [1.29, 1.82) is 0 Å². The van der Waals surface area contributed by atoms with Crippen LogP contribution in [0, 0.1) is 34.5 Å². The fourth-order valence-electron chi connectivity index (χ4n) is 12.0. The molecule has 10 rings (SSSR count). The summed E-state index contributed by atoms with van der Waals surface area (Å²) in [4.78, 5) is 49.5. The Balaban J connectivity index is 0.996. The molecule has 2 bridgehead atoms. The monoisotopic (exact) mass is 789 g/mol. The van der Waals surface area contributed by atoms with E-state index in [1.165, 1.54) is 12.5 Å². The molecule has 5 aliphatic carbocycles. The van der Waals surface area contributed by atoms with E-state index in [0.29, 0.717) is 17.9 Å². The molecule has 12 atom stereocenters. The van der Waals surface area contributed by atoms with Gasteiger partial charge in [-0.3, -0.25) is 19.2 Å². The fourth-order valence-corrected chi connectivity index (χ4v) is 12.0. The maximum Gasteiger partial charge on any atom is 0.327 e. The van der Waals surface area contributed by atoms with Crippen LogP contribution < -0.4 is 10.6 Å². The molecule has 0 radical (unpaired) electrons. The maximum atomic E-state index is 15.0. The quantitative estimate of drug-likeness (QED) is 0.191. The lowest BCUT2D eigenvalue weighted by atomic mass is 9.52. The summed E-state index contributed by atoms with van der Waals surface area (Å²) in [6.07, 6.45) is 7.83. The molecule has 4 N–H and O–H groups in total. The van der Waals surface area contributed by atoms with Crippen LogP contribution in [0.15, 0.2) is 29.8 Å². The highest BCUT2D eigenvalue weighted by atomic mass is 16.8.